The Morgan fingerprint density at radius 2 is 1.71 bits per heavy atom. The fraction of sp³-hybridized carbons (Fsp3) is 0.300. The maximum absolute atomic E-state index is 13.9. The monoisotopic (exact) mass is 639 g/mol. The quantitative estimate of drug-likeness (QED) is 0.279. The number of nitrogens with zero attached hydrogens (tertiary/aromatic N) is 4. The lowest BCUT2D eigenvalue weighted by molar-refractivity contribution is 0.101. The van der Waals surface area contributed by atoms with Crippen molar-refractivity contribution in [3.63, 3.8) is 0 Å². The maximum Gasteiger partial charge on any atom is 0.272 e. The maximum atomic E-state index is 13.9. The first-order chi connectivity index (χ1) is 21.4. The van der Waals surface area contributed by atoms with E-state index in [0.29, 0.717) is 49.3 Å². The lowest BCUT2D eigenvalue weighted by Gasteiger charge is -2.30. The van der Waals surface area contributed by atoms with Crippen molar-refractivity contribution < 1.29 is 31.5 Å². The number of amides is 2. The van der Waals surface area contributed by atoms with Crippen LogP contribution in [0.2, 0.25) is 0 Å². The third-order valence-corrected chi connectivity index (χ3v) is 10.1. The highest BCUT2D eigenvalue weighted by atomic mass is 32.2. The fourth-order valence-corrected chi connectivity index (χ4v) is 7.46. The molecule has 0 spiro atoms. The molecule has 15 heteroatoms. The number of benzene rings is 2. The Balaban J connectivity index is 1.30. The van der Waals surface area contributed by atoms with Gasteiger partial charge in [-0.05, 0) is 56.3 Å². The molecular formula is C30H31F2N7O5S. The molecule has 0 atom stereocenters. The van der Waals surface area contributed by atoms with Crippen LogP contribution >= 0.6 is 0 Å². The molecule has 6 rings (SSSR count). The van der Waals surface area contributed by atoms with Crippen molar-refractivity contribution >= 4 is 39.0 Å². The molecule has 0 aliphatic carbocycles. The predicted octanol–water partition coefficient (Wildman–Crippen LogP) is 3.81. The average molecular weight is 640 g/mol. The first-order valence-corrected chi connectivity index (χ1v) is 15.6. The largest absolute Gasteiger partial charge is 0.378 e. The summed E-state index contributed by atoms with van der Waals surface area (Å²) in [5, 5.41) is 12.7. The van der Waals surface area contributed by atoms with E-state index >= 15 is 0 Å². The van der Waals surface area contributed by atoms with Crippen LogP contribution in [0.15, 0.2) is 59.6 Å². The Kier molecular flexibility index (Phi) is 7.71. The van der Waals surface area contributed by atoms with Crippen molar-refractivity contribution in [2.45, 2.75) is 30.8 Å². The number of rotatable bonds is 7. The van der Waals surface area contributed by atoms with Gasteiger partial charge in [0.2, 0.25) is 10.0 Å². The molecule has 2 aromatic heterocycles. The summed E-state index contributed by atoms with van der Waals surface area (Å²) in [7, 11) is -2.62. The molecule has 0 radical (unpaired) electrons. The summed E-state index contributed by atoms with van der Waals surface area (Å²) in [5.74, 6) is -2.95. The lowest BCUT2D eigenvalue weighted by atomic mass is 10.0. The van der Waals surface area contributed by atoms with Gasteiger partial charge in [-0.15, -0.1) is 0 Å². The Morgan fingerprint density at radius 1 is 1.00 bits per heavy atom. The van der Waals surface area contributed by atoms with Gasteiger partial charge in [-0.25, -0.2) is 17.2 Å². The summed E-state index contributed by atoms with van der Waals surface area (Å²) in [6, 6.07) is 10.6. The SMILES string of the molecule is Cn1cccc1C(=O)Nc1cc(N2CCOCC2)ccc1C(=O)Nc1n[nH]c2c1CN(S(=O)(=O)c1cc(F)cc(F)c1)C2(C)C. The van der Waals surface area contributed by atoms with E-state index in [2.05, 4.69) is 25.7 Å². The van der Waals surface area contributed by atoms with Gasteiger partial charge in [-0.2, -0.15) is 9.40 Å². The normalized spacial score (nSPS) is 16.4. The number of halogens is 2. The molecule has 1 fully saturated rings. The summed E-state index contributed by atoms with van der Waals surface area (Å²) in [6.07, 6.45) is 1.74. The molecule has 1 saturated heterocycles. The number of H-pyrrole nitrogens is 1. The number of hydrogen-bond acceptors (Lipinski definition) is 7. The van der Waals surface area contributed by atoms with Gasteiger partial charge < -0.3 is 24.8 Å². The van der Waals surface area contributed by atoms with Crippen LogP contribution in [0, 0.1) is 11.6 Å². The highest BCUT2D eigenvalue weighted by Gasteiger charge is 2.48. The number of morpholine rings is 1. The molecule has 3 N–H and O–H groups in total. The third-order valence-electron chi connectivity index (χ3n) is 8.11. The molecule has 0 unspecified atom stereocenters. The Morgan fingerprint density at radius 3 is 2.38 bits per heavy atom. The number of aromatic nitrogens is 3. The predicted molar refractivity (Wildman–Crippen MR) is 161 cm³/mol. The molecular weight excluding hydrogens is 608 g/mol. The van der Waals surface area contributed by atoms with Crippen LogP contribution in [0.3, 0.4) is 0 Å². The van der Waals surface area contributed by atoms with E-state index in [9.17, 15) is 26.8 Å². The first kappa shape index (κ1) is 30.4. The zero-order chi connectivity index (χ0) is 32.1. The van der Waals surface area contributed by atoms with E-state index in [0.717, 1.165) is 22.1 Å². The van der Waals surface area contributed by atoms with Crippen LogP contribution < -0.4 is 15.5 Å². The van der Waals surface area contributed by atoms with Gasteiger partial charge in [0.05, 0.1) is 40.6 Å². The zero-order valence-corrected chi connectivity index (χ0v) is 25.5. The zero-order valence-electron chi connectivity index (χ0n) is 24.7. The van der Waals surface area contributed by atoms with Crippen molar-refractivity contribution in [2.75, 3.05) is 41.8 Å². The second-order valence-corrected chi connectivity index (χ2v) is 13.2. The molecule has 2 aliphatic rings. The van der Waals surface area contributed by atoms with E-state index in [-0.39, 0.29) is 23.6 Å². The molecule has 236 valence electrons. The molecule has 0 bridgehead atoms. The summed E-state index contributed by atoms with van der Waals surface area (Å²) in [4.78, 5) is 28.4. The van der Waals surface area contributed by atoms with Crippen molar-refractivity contribution in [1.29, 1.82) is 0 Å². The molecule has 2 aromatic carbocycles. The van der Waals surface area contributed by atoms with Gasteiger partial charge in [0, 0.05) is 50.2 Å². The number of anilines is 3. The molecule has 4 heterocycles. The number of fused-ring (bicyclic) bond motifs is 1. The Labute approximate surface area is 258 Å². The number of aryl methyl sites for hydroxylation is 1. The minimum absolute atomic E-state index is 0.0863. The van der Waals surface area contributed by atoms with Crippen LogP contribution in [-0.4, -0.2) is 65.6 Å². The van der Waals surface area contributed by atoms with Crippen molar-refractivity contribution in [3.05, 3.63) is 88.9 Å². The van der Waals surface area contributed by atoms with Crippen LogP contribution in [-0.2, 0) is 33.9 Å². The van der Waals surface area contributed by atoms with E-state index in [1.54, 1.807) is 62.0 Å². The summed E-state index contributed by atoms with van der Waals surface area (Å²) >= 11 is 0. The van der Waals surface area contributed by atoms with Crippen molar-refractivity contribution in [2.24, 2.45) is 7.05 Å². The second kappa shape index (κ2) is 11.4. The lowest BCUT2D eigenvalue weighted by Crippen LogP contribution is -2.40. The smallest absolute Gasteiger partial charge is 0.272 e. The van der Waals surface area contributed by atoms with Gasteiger partial charge in [-0.3, -0.25) is 14.7 Å². The molecule has 45 heavy (non-hydrogen) atoms. The molecule has 12 nitrogen and oxygen atoms in total. The number of sulfonamides is 1. The van der Waals surface area contributed by atoms with Gasteiger partial charge in [-0.1, -0.05) is 0 Å². The fourth-order valence-electron chi connectivity index (χ4n) is 5.69. The molecule has 2 amide bonds. The summed E-state index contributed by atoms with van der Waals surface area (Å²) < 4.78 is 63.1. The Bertz CT molecular complexity index is 1890. The van der Waals surface area contributed by atoms with Crippen LogP contribution in [0.25, 0.3) is 0 Å². The van der Waals surface area contributed by atoms with E-state index < -0.39 is 43.9 Å². The van der Waals surface area contributed by atoms with Gasteiger partial charge >= 0.3 is 0 Å². The van der Waals surface area contributed by atoms with Gasteiger partial charge in [0.1, 0.15) is 17.3 Å². The number of hydrogen-bond donors (Lipinski definition) is 3. The number of carbonyl (C=O) groups is 2. The second-order valence-electron chi connectivity index (χ2n) is 11.3. The number of nitrogens with one attached hydrogen (secondary N) is 3. The van der Waals surface area contributed by atoms with E-state index in [4.69, 9.17) is 4.74 Å². The number of ether oxygens (including phenoxy) is 1. The highest BCUT2D eigenvalue weighted by molar-refractivity contribution is 7.89. The Hall–Kier alpha value is -4.60. The number of aromatic amines is 1. The average Bonchev–Trinajstić information content (AvgIpc) is 3.68. The minimum atomic E-state index is -4.36. The van der Waals surface area contributed by atoms with E-state index in [1.165, 1.54) is 0 Å². The van der Waals surface area contributed by atoms with Crippen molar-refractivity contribution in [1.82, 2.24) is 19.1 Å². The number of carbonyl (C=O) groups excluding carboxylic acids is 2. The first-order valence-electron chi connectivity index (χ1n) is 14.1. The molecule has 4 aromatic rings. The standard InChI is InChI=1S/C30H31F2N7O5S/c1-30(2)26-23(17-39(30)45(42,43)21-14-18(31)13-19(32)15-21)27(36-35-26)34-28(40)22-7-6-20(38-9-11-44-12-10-38)16-24(22)33-29(41)25-5-4-8-37(25)3/h4-8,13-16H,9-12,17H2,1-3H3,(H,33,41)(H2,34,35,36,40). The minimum Gasteiger partial charge on any atom is -0.378 e. The third kappa shape index (κ3) is 5.58. The van der Waals surface area contributed by atoms with Gasteiger partial charge in [0.15, 0.2) is 5.82 Å². The van der Waals surface area contributed by atoms with Crippen LogP contribution in [0.5, 0.6) is 0 Å². The highest BCUT2D eigenvalue weighted by Crippen LogP contribution is 2.44. The molecule has 2 aliphatic heterocycles. The molecule has 0 saturated carbocycles. The van der Waals surface area contributed by atoms with Crippen LogP contribution in [0.1, 0.15) is 46.0 Å². The van der Waals surface area contributed by atoms with Gasteiger partial charge in [0.25, 0.3) is 11.8 Å². The van der Waals surface area contributed by atoms with Crippen LogP contribution in [0.4, 0.5) is 26.0 Å². The van der Waals surface area contributed by atoms with E-state index in [1.807, 2.05) is 0 Å². The van der Waals surface area contributed by atoms with Crippen molar-refractivity contribution in [3.8, 4) is 0 Å². The summed E-state index contributed by atoms with van der Waals surface area (Å²) in [6.45, 7) is 5.42. The topological polar surface area (TPSA) is 142 Å². The summed E-state index contributed by atoms with van der Waals surface area (Å²) in [5.41, 5.74) is 1.24.